The van der Waals surface area contributed by atoms with Gasteiger partial charge in [-0.25, -0.2) is 4.79 Å². The molecule has 3 N–H and O–H groups in total. The highest BCUT2D eigenvalue weighted by atomic mass is 16.3. The van der Waals surface area contributed by atoms with Gasteiger partial charge in [-0.1, -0.05) is 6.07 Å². The van der Waals surface area contributed by atoms with E-state index in [1.165, 1.54) is 0 Å². The van der Waals surface area contributed by atoms with Gasteiger partial charge in [0, 0.05) is 42.8 Å². The van der Waals surface area contributed by atoms with Gasteiger partial charge in [0.2, 0.25) is 0 Å². The Morgan fingerprint density at radius 3 is 2.70 bits per heavy atom. The molecule has 0 saturated carbocycles. The quantitative estimate of drug-likeness (QED) is 0.708. The molecular formula is C20H32N4O3. The molecule has 7 nitrogen and oxygen atoms in total. The van der Waals surface area contributed by atoms with Crippen LogP contribution in [0, 0.1) is 12.3 Å². The number of hydrogen-bond acceptors (Lipinski definition) is 4. The van der Waals surface area contributed by atoms with E-state index in [1.54, 1.807) is 23.1 Å². The molecule has 1 aromatic rings. The van der Waals surface area contributed by atoms with E-state index in [1.807, 2.05) is 27.9 Å². The van der Waals surface area contributed by atoms with Crippen LogP contribution < -0.4 is 10.6 Å². The minimum Gasteiger partial charge on any atom is -0.396 e. The molecule has 0 unspecified atom stereocenters. The molecule has 1 heterocycles. The number of amides is 3. The van der Waals surface area contributed by atoms with Gasteiger partial charge >= 0.3 is 6.03 Å². The van der Waals surface area contributed by atoms with Crippen molar-refractivity contribution < 1.29 is 14.7 Å². The predicted molar refractivity (Wildman–Crippen MR) is 107 cm³/mol. The molecule has 1 atom stereocenters. The van der Waals surface area contributed by atoms with E-state index in [4.69, 9.17) is 0 Å². The molecule has 1 aromatic carbocycles. The van der Waals surface area contributed by atoms with Crippen LogP contribution in [0.1, 0.15) is 35.7 Å². The third-order valence-electron chi connectivity index (χ3n) is 5.09. The summed E-state index contributed by atoms with van der Waals surface area (Å²) < 4.78 is 0. The van der Waals surface area contributed by atoms with E-state index in [2.05, 4.69) is 15.5 Å². The largest absolute Gasteiger partial charge is 0.396 e. The number of carbonyl (C=O) groups is 2. The fourth-order valence-electron chi connectivity index (χ4n) is 3.83. The van der Waals surface area contributed by atoms with Crippen LogP contribution in [-0.2, 0) is 0 Å². The summed E-state index contributed by atoms with van der Waals surface area (Å²) in [6, 6.07) is 5.14. The van der Waals surface area contributed by atoms with Crippen molar-refractivity contribution in [1.29, 1.82) is 0 Å². The minimum absolute atomic E-state index is 0.0562. The van der Waals surface area contributed by atoms with Crippen molar-refractivity contribution in [2.45, 2.75) is 26.7 Å². The fraction of sp³-hybridized carbons (Fsp3) is 0.600. The molecule has 0 radical (unpaired) electrons. The lowest BCUT2D eigenvalue weighted by atomic mass is 9.80. The average molecular weight is 377 g/mol. The Morgan fingerprint density at radius 2 is 2.07 bits per heavy atom. The van der Waals surface area contributed by atoms with Gasteiger partial charge in [0.05, 0.1) is 6.61 Å². The van der Waals surface area contributed by atoms with Crippen LogP contribution in [-0.4, -0.2) is 73.7 Å². The van der Waals surface area contributed by atoms with E-state index in [-0.39, 0.29) is 24.0 Å². The normalized spacial score (nSPS) is 19.9. The molecule has 2 rings (SSSR count). The summed E-state index contributed by atoms with van der Waals surface area (Å²) in [7, 11) is 3.96. The maximum atomic E-state index is 12.8. The van der Waals surface area contributed by atoms with E-state index in [9.17, 15) is 14.7 Å². The first-order valence-corrected chi connectivity index (χ1v) is 9.51. The van der Waals surface area contributed by atoms with Crippen molar-refractivity contribution in [3.05, 3.63) is 29.3 Å². The Balaban J connectivity index is 2.13. The van der Waals surface area contributed by atoms with Crippen molar-refractivity contribution >= 4 is 17.6 Å². The maximum Gasteiger partial charge on any atom is 0.321 e. The number of aliphatic hydroxyl groups excluding tert-OH is 1. The lowest BCUT2D eigenvalue weighted by molar-refractivity contribution is 0.0294. The number of hydrogen-bond donors (Lipinski definition) is 3. The number of benzene rings is 1. The van der Waals surface area contributed by atoms with Gasteiger partial charge in [0.25, 0.3) is 5.91 Å². The molecule has 27 heavy (non-hydrogen) atoms. The number of likely N-dealkylation sites (tertiary alicyclic amines) is 1. The second-order valence-electron chi connectivity index (χ2n) is 7.69. The number of nitrogens with zero attached hydrogens (tertiary/aromatic N) is 2. The zero-order chi connectivity index (χ0) is 20.0. The Labute approximate surface area is 161 Å². The Kier molecular flexibility index (Phi) is 7.21. The van der Waals surface area contributed by atoms with E-state index < -0.39 is 0 Å². The molecule has 1 saturated heterocycles. The molecule has 3 amide bonds. The highest BCUT2D eigenvalue weighted by molar-refractivity contribution is 5.99. The smallest absolute Gasteiger partial charge is 0.321 e. The van der Waals surface area contributed by atoms with Gasteiger partial charge in [-0.3, -0.25) is 4.79 Å². The number of anilines is 1. The number of urea groups is 1. The fourth-order valence-corrected chi connectivity index (χ4v) is 3.83. The first-order valence-electron chi connectivity index (χ1n) is 9.51. The second-order valence-corrected chi connectivity index (χ2v) is 7.69. The van der Waals surface area contributed by atoms with Crippen molar-refractivity contribution in [2.75, 3.05) is 52.2 Å². The van der Waals surface area contributed by atoms with Crippen LogP contribution in [0.15, 0.2) is 18.2 Å². The Morgan fingerprint density at radius 1 is 1.33 bits per heavy atom. The molecule has 0 spiro atoms. The van der Waals surface area contributed by atoms with Crippen molar-refractivity contribution in [2.24, 2.45) is 5.41 Å². The molecule has 7 heteroatoms. The monoisotopic (exact) mass is 376 g/mol. The van der Waals surface area contributed by atoms with E-state index >= 15 is 0 Å². The van der Waals surface area contributed by atoms with Crippen LogP contribution in [0.2, 0.25) is 0 Å². The standard InChI is InChI=1S/C20H32N4O3/c1-5-21-18(26)16-8-6-9-17(15(16)2)22-19(27)24-11-7-10-20(13-24,14-25)12-23(3)4/h6,8-9,25H,5,7,10-14H2,1-4H3,(H,21,26)(H,22,27)/t20-/m1/s1. The van der Waals surface area contributed by atoms with Crippen LogP contribution in [0.3, 0.4) is 0 Å². The van der Waals surface area contributed by atoms with Crippen LogP contribution in [0.5, 0.6) is 0 Å². The van der Waals surface area contributed by atoms with Crippen LogP contribution in [0.4, 0.5) is 10.5 Å². The number of rotatable bonds is 6. The molecule has 1 fully saturated rings. The molecular weight excluding hydrogens is 344 g/mol. The summed E-state index contributed by atoms with van der Waals surface area (Å²) in [5.41, 5.74) is 1.65. The molecule has 150 valence electrons. The molecule has 1 aliphatic rings. The van der Waals surface area contributed by atoms with Gasteiger partial charge in [0.15, 0.2) is 0 Å². The first-order chi connectivity index (χ1) is 12.8. The average Bonchev–Trinajstić information content (AvgIpc) is 2.63. The zero-order valence-corrected chi connectivity index (χ0v) is 16.8. The van der Waals surface area contributed by atoms with Crippen molar-refractivity contribution in [3.63, 3.8) is 0 Å². The topological polar surface area (TPSA) is 84.9 Å². The van der Waals surface area contributed by atoms with Gasteiger partial charge in [-0.15, -0.1) is 0 Å². The summed E-state index contributed by atoms with van der Waals surface area (Å²) >= 11 is 0. The summed E-state index contributed by atoms with van der Waals surface area (Å²) in [6.07, 6.45) is 1.76. The number of carbonyl (C=O) groups excluding carboxylic acids is 2. The third-order valence-corrected chi connectivity index (χ3v) is 5.09. The zero-order valence-electron chi connectivity index (χ0n) is 16.8. The van der Waals surface area contributed by atoms with Gasteiger partial charge in [-0.2, -0.15) is 0 Å². The van der Waals surface area contributed by atoms with Gasteiger partial charge in [-0.05, 0) is 58.5 Å². The highest BCUT2D eigenvalue weighted by Crippen LogP contribution is 2.31. The summed E-state index contributed by atoms with van der Waals surface area (Å²) in [6.45, 7) is 6.23. The number of piperidine rings is 1. The first kappa shape index (κ1) is 21.2. The lowest BCUT2D eigenvalue weighted by Crippen LogP contribution is -2.52. The molecule has 1 aliphatic heterocycles. The molecule has 0 aromatic heterocycles. The summed E-state index contributed by atoms with van der Waals surface area (Å²) in [5, 5.41) is 15.7. The maximum absolute atomic E-state index is 12.8. The van der Waals surface area contributed by atoms with Crippen LogP contribution in [0.25, 0.3) is 0 Å². The molecule has 0 aliphatic carbocycles. The van der Waals surface area contributed by atoms with Gasteiger partial charge in [0.1, 0.15) is 0 Å². The van der Waals surface area contributed by atoms with Crippen molar-refractivity contribution in [3.8, 4) is 0 Å². The Bertz CT molecular complexity index is 677. The Hall–Kier alpha value is -2.12. The minimum atomic E-state index is -0.295. The van der Waals surface area contributed by atoms with Crippen LogP contribution >= 0.6 is 0 Å². The second kappa shape index (κ2) is 9.19. The SMILES string of the molecule is CCNC(=O)c1cccc(NC(=O)N2CCC[C@@](CO)(CN(C)C)C2)c1C. The number of aliphatic hydroxyl groups is 1. The van der Waals surface area contributed by atoms with E-state index in [0.717, 1.165) is 24.9 Å². The summed E-state index contributed by atoms with van der Waals surface area (Å²) in [4.78, 5) is 28.8. The van der Waals surface area contributed by atoms with E-state index in [0.29, 0.717) is 30.9 Å². The summed E-state index contributed by atoms with van der Waals surface area (Å²) in [5.74, 6) is -0.144. The third kappa shape index (κ3) is 5.20. The predicted octanol–water partition coefficient (Wildman–Crippen LogP) is 1.91. The van der Waals surface area contributed by atoms with Crippen molar-refractivity contribution in [1.82, 2.24) is 15.1 Å². The van der Waals surface area contributed by atoms with Gasteiger partial charge < -0.3 is 25.5 Å². The highest BCUT2D eigenvalue weighted by Gasteiger charge is 2.37. The lowest BCUT2D eigenvalue weighted by Gasteiger charge is -2.43. The number of nitrogens with one attached hydrogen (secondary N) is 2. The molecule has 0 bridgehead atoms.